The first kappa shape index (κ1) is 13.4. The maximum atomic E-state index is 5.89. The lowest BCUT2D eigenvalue weighted by atomic mass is 10.1. The summed E-state index contributed by atoms with van der Waals surface area (Å²) in [7, 11) is 0. The van der Waals surface area contributed by atoms with E-state index in [0.29, 0.717) is 0 Å². The molecule has 2 nitrogen and oxygen atoms in total. The van der Waals surface area contributed by atoms with Gasteiger partial charge in [0, 0.05) is 21.3 Å². The lowest BCUT2D eigenvalue weighted by Crippen LogP contribution is -1.99. The summed E-state index contributed by atoms with van der Waals surface area (Å²) in [6.07, 6.45) is 3.94. The van der Waals surface area contributed by atoms with Gasteiger partial charge in [-0.2, -0.15) is 5.10 Å². The van der Waals surface area contributed by atoms with Crippen molar-refractivity contribution in [3.63, 3.8) is 0 Å². The summed E-state index contributed by atoms with van der Waals surface area (Å²) >= 11 is 9.33. The zero-order chi connectivity index (χ0) is 13.9. The zero-order valence-corrected chi connectivity index (χ0v) is 13.0. The van der Waals surface area contributed by atoms with Crippen LogP contribution in [-0.4, -0.2) is 9.78 Å². The molecule has 0 radical (unpaired) electrons. The number of halogens is 2. The smallest absolute Gasteiger partial charge is 0.0659 e. The Hall–Kier alpha value is -1.58. The zero-order valence-electron chi connectivity index (χ0n) is 10.6. The van der Waals surface area contributed by atoms with Crippen LogP contribution in [0.2, 0.25) is 5.02 Å². The third-order valence-electron chi connectivity index (χ3n) is 3.07. The van der Waals surface area contributed by atoms with Crippen LogP contribution < -0.4 is 0 Å². The molecule has 0 unspecified atom stereocenters. The Balaban J connectivity index is 1.80. The predicted molar refractivity (Wildman–Crippen MR) is 85.9 cm³/mol. The van der Waals surface area contributed by atoms with Crippen molar-refractivity contribution < 1.29 is 0 Å². The van der Waals surface area contributed by atoms with Crippen molar-refractivity contribution in [2.75, 3.05) is 0 Å². The maximum absolute atomic E-state index is 5.89. The summed E-state index contributed by atoms with van der Waals surface area (Å²) in [4.78, 5) is 0. The fourth-order valence-corrected chi connectivity index (χ4v) is 2.41. The fraction of sp³-hybridized carbons (Fsp3) is 0.0625. The molecule has 100 valence electrons. The van der Waals surface area contributed by atoms with Crippen molar-refractivity contribution in [1.29, 1.82) is 0 Å². The minimum atomic E-state index is 0.744. The van der Waals surface area contributed by atoms with E-state index in [9.17, 15) is 0 Å². The summed E-state index contributed by atoms with van der Waals surface area (Å²) < 4.78 is 3.01. The Morgan fingerprint density at radius 3 is 2.35 bits per heavy atom. The van der Waals surface area contributed by atoms with Crippen LogP contribution in [0.1, 0.15) is 5.56 Å². The second-order valence-electron chi connectivity index (χ2n) is 4.56. The van der Waals surface area contributed by atoms with Gasteiger partial charge in [-0.1, -0.05) is 51.8 Å². The van der Waals surface area contributed by atoms with E-state index in [0.717, 1.165) is 27.2 Å². The third-order valence-corrected chi connectivity index (χ3v) is 3.85. The van der Waals surface area contributed by atoms with Gasteiger partial charge >= 0.3 is 0 Å². The van der Waals surface area contributed by atoms with Crippen molar-refractivity contribution in [3.8, 4) is 11.1 Å². The van der Waals surface area contributed by atoms with Crippen LogP contribution in [0.4, 0.5) is 0 Å². The first-order valence-electron chi connectivity index (χ1n) is 6.23. The lowest BCUT2D eigenvalue weighted by Gasteiger charge is -2.02. The van der Waals surface area contributed by atoms with Gasteiger partial charge in [-0.05, 0) is 35.4 Å². The van der Waals surface area contributed by atoms with Gasteiger partial charge in [0.2, 0.25) is 0 Å². The molecule has 3 aromatic rings. The molecule has 0 amide bonds. The molecule has 3 rings (SSSR count). The highest BCUT2D eigenvalue weighted by Gasteiger charge is 2.02. The standard InChI is InChI=1S/C16H12BrClN2/c17-15-5-3-13(4-6-15)14-9-19-20(11-14)10-12-1-7-16(18)8-2-12/h1-9,11H,10H2. The molecule has 0 fully saturated rings. The van der Waals surface area contributed by atoms with E-state index < -0.39 is 0 Å². The van der Waals surface area contributed by atoms with Crippen LogP contribution in [0, 0.1) is 0 Å². The van der Waals surface area contributed by atoms with E-state index in [-0.39, 0.29) is 0 Å². The highest BCUT2D eigenvalue weighted by Crippen LogP contribution is 2.21. The molecule has 0 saturated heterocycles. The van der Waals surface area contributed by atoms with Crippen molar-refractivity contribution in [2.45, 2.75) is 6.54 Å². The molecule has 0 saturated carbocycles. The first-order valence-corrected chi connectivity index (χ1v) is 7.41. The van der Waals surface area contributed by atoms with Gasteiger partial charge in [0.25, 0.3) is 0 Å². The van der Waals surface area contributed by atoms with E-state index in [1.807, 2.05) is 47.3 Å². The summed E-state index contributed by atoms with van der Waals surface area (Å²) in [5, 5.41) is 5.16. The Morgan fingerprint density at radius 2 is 1.65 bits per heavy atom. The predicted octanol–water partition coefficient (Wildman–Crippen LogP) is 5.01. The van der Waals surface area contributed by atoms with Crippen molar-refractivity contribution in [2.24, 2.45) is 0 Å². The SMILES string of the molecule is Clc1ccc(Cn2cc(-c3ccc(Br)cc3)cn2)cc1. The van der Waals surface area contributed by atoms with E-state index in [4.69, 9.17) is 11.6 Å². The van der Waals surface area contributed by atoms with Crippen LogP contribution in [-0.2, 0) is 6.54 Å². The van der Waals surface area contributed by atoms with Gasteiger partial charge in [0.1, 0.15) is 0 Å². The molecule has 4 heteroatoms. The monoisotopic (exact) mass is 346 g/mol. The molecule has 2 aromatic carbocycles. The molecular weight excluding hydrogens is 336 g/mol. The van der Waals surface area contributed by atoms with Gasteiger partial charge < -0.3 is 0 Å². The number of hydrogen-bond acceptors (Lipinski definition) is 1. The summed E-state index contributed by atoms with van der Waals surface area (Å²) in [6.45, 7) is 0.744. The normalized spacial score (nSPS) is 10.7. The van der Waals surface area contributed by atoms with Crippen LogP contribution in [0.5, 0.6) is 0 Å². The highest BCUT2D eigenvalue weighted by molar-refractivity contribution is 9.10. The Kier molecular flexibility index (Phi) is 3.90. The van der Waals surface area contributed by atoms with Crippen LogP contribution >= 0.6 is 27.5 Å². The van der Waals surface area contributed by atoms with Crippen LogP contribution in [0.15, 0.2) is 65.4 Å². The number of benzene rings is 2. The molecule has 0 aliphatic carbocycles. The Bertz CT molecular complexity index is 702. The molecule has 0 spiro atoms. The van der Waals surface area contributed by atoms with Gasteiger partial charge in [-0.25, -0.2) is 0 Å². The van der Waals surface area contributed by atoms with Gasteiger partial charge in [0.05, 0.1) is 12.7 Å². The number of nitrogens with zero attached hydrogens (tertiary/aromatic N) is 2. The average Bonchev–Trinajstić information content (AvgIpc) is 2.91. The van der Waals surface area contributed by atoms with Crippen molar-refractivity contribution in [1.82, 2.24) is 9.78 Å². The van der Waals surface area contributed by atoms with Crippen LogP contribution in [0.25, 0.3) is 11.1 Å². The van der Waals surface area contributed by atoms with Crippen molar-refractivity contribution >= 4 is 27.5 Å². The molecule has 0 aliphatic rings. The second-order valence-corrected chi connectivity index (χ2v) is 5.91. The van der Waals surface area contributed by atoms with E-state index in [1.54, 1.807) is 0 Å². The second kappa shape index (κ2) is 5.81. The summed E-state index contributed by atoms with van der Waals surface area (Å²) in [5.41, 5.74) is 3.46. The van der Waals surface area contributed by atoms with Crippen molar-refractivity contribution in [3.05, 3.63) is 76.0 Å². The van der Waals surface area contributed by atoms with E-state index in [2.05, 4.69) is 39.4 Å². The first-order chi connectivity index (χ1) is 9.70. The fourth-order valence-electron chi connectivity index (χ4n) is 2.02. The number of rotatable bonds is 3. The molecular formula is C16H12BrClN2. The minimum absolute atomic E-state index is 0.744. The number of aromatic nitrogens is 2. The van der Waals surface area contributed by atoms with Crippen LogP contribution in [0.3, 0.4) is 0 Å². The molecule has 1 aromatic heterocycles. The van der Waals surface area contributed by atoms with Gasteiger partial charge in [-0.15, -0.1) is 0 Å². The Morgan fingerprint density at radius 1 is 0.950 bits per heavy atom. The molecule has 0 N–H and O–H groups in total. The van der Waals surface area contributed by atoms with E-state index >= 15 is 0 Å². The molecule has 1 heterocycles. The quantitative estimate of drug-likeness (QED) is 0.651. The van der Waals surface area contributed by atoms with Gasteiger partial charge in [-0.3, -0.25) is 4.68 Å². The van der Waals surface area contributed by atoms with Gasteiger partial charge in [0.15, 0.2) is 0 Å². The minimum Gasteiger partial charge on any atom is -0.268 e. The van der Waals surface area contributed by atoms with E-state index in [1.165, 1.54) is 5.56 Å². The number of hydrogen-bond donors (Lipinski definition) is 0. The molecule has 0 aliphatic heterocycles. The molecule has 20 heavy (non-hydrogen) atoms. The third kappa shape index (κ3) is 3.11. The molecule has 0 bridgehead atoms. The Labute approximate surface area is 131 Å². The summed E-state index contributed by atoms with van der Waals surface area (Å²) in [6, 6.07) is 16.1. The highest BCUT2D eigenvalue weighted by atomic mass is 79.9. The molecule has 0 atom stereocenters. The maximum Gasteiger partial charge on any atom is 0.0659 e. The largest absolute Gasteiger partial charge is 0.268 e. The lowest BCUT2D eigenvalue weighted by molar-refractivity contribution is 0.687. The topological polar surface area (TPSA) is 17.8 Å². The average molecular weight is 348 g/mol. The summed E-state index contributed by atoms with van der Waals surface area (Å²) in [5.74, 6) is 0.